The molecular formula is C16H18ClNO2S. The molecule has 0 bridgehead atoms. The van der Waals surface area contributed by atoms with Crippen LogP contribution in [0.3, 0.4) is 0 Å². The molecule has 21 heavy (non-hydrogen) atoms. The molecule has 0 saturated carbocycles. The molecule has 0 aliphatic rings. The minimum absolute atomic E-state index is 0.203. The molecule has 5 heteroatoms. The second-order valence-electron chi connectivity index (χ2n) is 4.78. The highest BCUT2D eigenvalue weighted by Crippen LogP contribution is 2.20. The summed E-state index contributed by atoms with van der Waals surface area (Å²) in [7, 11) is 1.41. The molecule has 0 spiro atoms. The van der Waals surface area contributed by atoms with Crippen molar-refractivity contribution in [2.24, 2.45) is 0 Å². The second-order valence-corrected chi connectivity index (χ2v) is 6.46. The number of hydrogen-bond acceptors (Lipinski definition) is 4. The lowest BCUT2D eigenvalue weighted by Gasteiger charge is -2.13. The predicted molar refractivity (Wildman–Crippen MR) is 86.7 cm³/mol. The molecule has 2 rings (SSSR count). The van der Waals surface area contributed by atoms with Crippen molar-refractivity contribution in [2.75, 3.05) is 7.11 Å². The lowest BCUT2D eigenvalue weighted by atomic mass is 10.1. The number of nitrogens with one attached hydrogen (secondary N) is 1. The van der Waals surface area contributed by atoms with E-state index in [1.54, 1.807) is 11.3 Å². The van der Waals surface area contributed by atoms with Gasteiger partial charge in [-0.15, -0.1) is 11.3 Å². The standard InChI is InChI=1S/C16H18ClNO2S/c1-11(12-3-5-13(17)6-4-12)18-10-15-8-7-14(21-15)9-16(19)20-2/h3-8,11,18H,9-10H2,1-2H3/t11-/m0/s1. The van der Waals surface area contributed by atoms with Gasteiger partial charge in [0, 0.05) is 27.4 Å². The van der Waals surface area contributed by atoms with Crippen molar-refractivity contribution < 1.29 is 9.53 Å². The zero-order valence-electron chi connectivity index (χ0n) is 12.1. The van der Waals surface area contributed by atoms with Crippen molar-refractivity contribution in [3.63, 3.8) is 0 Å². The SMILES string of the molecule is COC(=O)Cc1ccc(CN[C@@H](C)c2ccc(Cl)cc2)s1. The molecule has 2 aromatic rings. The maximum absolute atomic E-state index is 11.2. The van der Waals surface area contributed by atoms with E-state index in [9.17, 15) is 4.79 Å². The van der Waals surface area contributed by atoms with E-state index < -0.39 is 0 Å². The Kier molecular flexibility index (Phi) is 5.79. The molecular weight excluding hydrogens is 306 g/mol. The number of rotatable bonds is 6. The molecule has 0 fully saturated rings. The monoisotopic (exact) mass is 323 g/mol. The molecule has 0 saturated heterocycles. The highest BCUT2D eigenvalue weighted by molar-refractivity contribution is 7.12. The Balaban J connectivity index is 1.88. The molecule has 3 nitrogen and oxygen atoms in total. The Morgan fingerprint density at radius 1 is 1.24 bits per heavy atom. The van der Waals surface area contributed by atoms with Crippen molar-refractivity contribution in [3.05, 3.63) is 56.7 Å². The van der Waals surface area contributed by atoms with Gasteiger partial charge >= 0.3 is 5.97 Å². The molecule has 112 valence electrons. The van der Waals surface area contributed by atoms with Crippen LogP contribution >= 0.6 is 22.9 Å². The molecule has 1 aromatic carbocycles. The number of carbonyl (C=O) groups excluding carboxylic acids is 1. The van der Waals surface area contributed by atoms with Gasteiger partial charge in [-0.05, 0) is 36.8 Å². The second kappa shape index (κ2) is 7.59. The van der Waals surface area contributed by atoms with Gasteiger partial charge in [0.05, 0.1) is 13.5 Å². The van der Waals surface area contributed by atoms with Crippen LogP contribution in [0.2, 0.25) is 5.02 Å². The number of hydrogen-bond donors (Lipinski definition) is 1. The van der Waals surface area contributed by atoms with E-state index in [4.69, 9.17) is 11.6 Å². The Labute approximate surface area is 133 Å². The number of methoxy groups -OCH3 is 1. The van der Waals surface area contributed by atoms with Crippen LogP contribution in [0.15, 0.2) is 36.4 Å². The summed E-state index contributed by atoms with van der Waals surface area (Å²) in [4.78, 5) is 13.5. The predicted octanol–water partition coefficient (Wildman–Crippen LogP) is 3.97. The first-order chi connectivity index (χ1) is 10.1. The number of halogens is 1. The summed E-state index contributed by atoms with van der Waals surface area (Å²) in [5.41, 5.74) is 1.20. The Hall–Kier alpha value is -1.36. The number of ether oxygens (including phenoxy) is 1. The average molecular weight is 324 g/mol. The summed E-state index contributed by atoms with van der Waals surface area (Å²) < 4.78 is 4.67. The summed E-state index contributed by atoms with van der Waals surface area (Å²) >= 11 is 7.52. The van der Waals surface area contributed by atoms with Gasteiger partial charge in [-0.25, -0.2) is 0 Å². The molecule has 0 aliphatic carbocycles. The first kappa shape index (κ1) is 16.0. The molecule has 1 N–H and O–H groups in total. The van der Waals surface area contributed by atoms with Crippen molar-refractivity contribution in [3.8, 4) is 0 Å². The summed E-state index contributed by atoms with van der Waals surface area (Å²) in [6.07, 6.45) is 0.341. The fourth-order valence-corrected chi connectivity index (χ4v) is 3.03. The first-order valence-electron chi connectivity index (χ1n) is 6.71. The Morgan fingerprint density at radius 2 is 1.90 bits per heavy atom. The molecule has 0 radical (unpaired) electrons. The number of carbonyl (C=O) groups is 1. The maximum Gasteiger partial charge on any atom is 0.310 e. The number of esters is 1. The van der Waals surface area contributed by atoms with Gasteiger partial charge in [0.25, 0.3) is 0 Å². The third-order valence-corrected chi connectivity index (χ3v) is 4.55. The lowest BCUT2D eigenvalue weighted by molar-refractivity contribution is -0.139. The quantitative estimate of drug-likeness (QED) is 0.817. The Morgan fingerprint density at radius 3 is 2.57 bits per heavy atom. The molecule has 1 atom stereocenters. The minimum atomic E-state index is -0.203. The third kappa shape index (κ3) is 4.84. The Bertz CT molecular complexity index is 595. The van der Waals surface area contributed by atoms with Gasteiger partial charge in [0.15, 0.2) is 0 Å². The van der Waals surface area contributed by atoms with Gasteiger partial charge in [0.2, 0.25) is 0 Å². The van der Waals surface area contributed by atoms with Crippen LogP contribution in [-0.2, 0) is 22.5 Å². The normalized spacial score (nSPS) is 12.1. The van der Waals surface area contributed by atoms with E-state index in [1.807, 2.05) is 36.4 Å². The van der Waals surface area contributed by atoms with E-state index >= 15 is 0 Å². The summed E-state index contributed by atoms with van der Waals surface area (Å²) in [6, 6.07) is 12.1. The number of benzene rings is 1. The van der Waals surface area contributed by atoms with Gasteiger partial charge in [0.1, 0.15) is 0 Å². The molecule has 0 aliphatic heterocycles. The fourth-order valence-electron chi connectivity index (χ4n) is 1.95. The van der Waals surface area contributed by atoms with E-state index in [-0.39, 0.29) is 12.0 Å². The topological polar surface area (TPSA) is 38.3 Å². The largest absolute Gasteiger partial charge is 0.469 e. The van der Waals surface area contributed by atoms with Crippen LogP contribution in [0.1, 0.15) is 28.3 Å². The minimum Gasteiger partial charge on any atom is -0.469 e. The van der Waals surface area contributed by atoms with Crippen LogP contribution in [0.5, 0.6) is 0 Å². The van der Waals surface area contributed by atoms with Crippen molar-refractivity contribution in [2.45, 2.75) is 25.9 Å². The van der Waals surface area contributed by atoms with E-state index in [2.05, 4.69) is 17.0 Å². The average Bonchev–Trinajstić information content (AvgIpc) is 2.93. The molecule has 0 amide bonds. The van der Waals surface area contributed by atoms with Crippen LogP contribution in [0.4, 0.5) is 0 Å². The van der Waals surface area contributed by atoms with Crippen molar-refractivity contribution in [1.82, 2.24) is 5.32 Å². The van der Waals surface area contributed by atoms with Crippen molar-refractivity contribution in [1.29, 1.82) is 0 Å². The highest BCUT2D eigenvalue weighted by atomic mass is 35.5. The fraction of sp³-hybridized carbons (Fsp3) is 0.312. The molecule has 0 unspecified atom stereocenters. The van der Waals surface area contributed by atoms with Gasteiger partial charge in [-0.2, -0.15) is 0 Å². The summed E-state index contributed by atoms with van der Waals surface area (Å²) in [5.74, 6) is -0.203. The lowest BCUT2D eigenvalue weighted by Crippen LogP contribution is -2.17. The molecule has 1 heterocycles. The number of thiophene rings is 1. The van der Waals surface area contributed by atoms with Crippen molar-refractivity contribution >= 4 is 28.9 Å². The van der Waals surface area contributed by atoms with Crippen LogP contribution < -0.4 is 5.32 Å². The first-order valence-corrected chi connectivity index (χ1v) is 7.91. The van der Waals surface area contributed by atoms with Crippen LogP contribution in [0, 0.1) is 0 Å². The van der Waals surface area contributed by atoms with E-state index in [0.29, 0.717) is 6.42 Å². The maximum atomic E-state index is 11.2. The zero-order valence-corrected chi connectivity index (χ0v) is 13.6. The van der Waals surface area contributed by atoms with Crippen LogP contribution in [0.25, 0.3) is 0 Å². The summed E-state index contributed by atoms with van der Waals surface area (Å²) in [6.45, 7) is 2.89. The smallest absolute Gasteiger partial charge is 0.310 e. The zero-order chi connectivity index (χ0) is 15.2. The van der Waals surface area contributed by atoms with Gasteiger partial charge < -0.3 is 10.1 Å². The van der Waals surface area contributed by atoms with E-state index in [0.717, 1.165) is 16.4 Å². The molecule has 1 aromatic heterocycles. The van der Waals surface area contributed by atoms with E-state index in [1.165, 1.54) is 17.6 Å². The van der Waals surface area contributed by atoms with Gasteiger partial charge in [-0.1, -0.05) is 23.7 Å². The van der Waals surface area contributed by atoms with Crippen LogP contribution in [-0.4, -0.2) is 13.1 Å². The third-order valence-electron chi connectivity index (χ3n) is 3.22. The summed E-state index contributed by atoms with van der Waals surface area (Å²) in [5, 5.41) is 4.21. The van der Waals surface area contributed by atoms with Gasteiger partial charge in [-0.3, -0.25) is 4.79 Å². The highest BCUT2D eigenvalue weighted by Gasteiger charge is 2.08.